The van der Waals surface area contributed by atoms with Crippen molar-refractivity contribution in [1.29, 1.82) is 0 Å². The van der Waals surface area contributed by atoms with Gasteiger partial charge in [-0.2, -0.15) is 0 Å². The van der Waals surface area contributed by atoms with E-state index in [1.165, 1.54) is 0 Å². The lowest BCUT2D eigenvalue weighted by molar-refractivity contribution is 0.0949. The van der Waals surface area contributed by atoms with Crippen molar-refractivity contribution in [2.24, 2.45) is 0 Å². The molecule has 0 amide bonds. The molecule has 0 heterocycles. The minimum absolute atomic E-state index is 0.00656. The van der Waals surface area contributed by atoms with E-state index in [1.54, 1.807) is 6.07 Å². The maximum atomic E-state index is 9.65. The maximum absolute atomic E-state index is 9.65. The summed E-state index contributed by atoms with van der Waals surface area (Å²) in [7, 11) is 0. The second kappa shape index (κ2) is 4.85. The van der Waals surface area contributed by atoms with Gasteiger partial charge in [-0.05, 0) is 22.6 Å². The van der Waals surface area contributed by atoms with E-state index >= 15 is 0 Å². The summed E-state index contributed by atoms with van der Waals surface area (Å²) < 4.78 is 0. The summed E-state index contributed by atoms with van der Waals surface area (Å²) in [6, 6.07) is 5.40. The molecule has 0 aliphatic heterocycles. The molecule has 1 aromatic rings. The highest BCUT2D eigenvalue weighted by Crippen LogP contribution is 2.27. The first kappa shape index (κ1) is 13.0. The largest absolute Gasteiger partial charge is 0.508 e. The van der Waals surface area contributed by atoms with Gasteiger partial charge in [0.15, 0.2) is 0 Å². The van der Waals surface area contributed by atoms with Crippen LogP contribution in [0.3, 0.4) is 0 Å². The molecule has 0 fully saturated rings. The molecular weight excluding hydrogens is 204 g/mol. The molecule has 0 spiro atoms. The van der Waals surface area contributed by atoms with Crippen LogP contribution in [0.4, 0.5) is 0 Å². The second-order valence-electron chi connectivity index (χ2n) is 5.13. The van der Waals surface area contributed by atoms with Gasteiger partial charge in [0, 0.05) is 6.42 Å². The van der Waals surface area contributed by atoms with E-state index in [-0.39, 0.29) is 24.2 Å². The Morgan fingerprint density at radius 3 is 2.38 bits per heavy atom. The van der Waals surface area contributed by atoms with Gasteiger partial charge in [-0.3, -0.25) is 0 Å². The van der Waals surface area contributed by atoms with Crippen LogP contribution in [0, 0.1) is 0 Å². The lowest BCUT2D eigenvalue weighted by Gasteiger charge is -2.20. The Hall–Kier alpha value is -1.06. The molecule has 0 aromatic heterocycles. The Labute approximate surface area is 96.4 Å². The Kier molecular flexibility index (Phi) is 3.94. The van der Waals surface area contributed by atoms with Crippen LogP contribution in [-0.2, 0) is 11.8 Å². The Morgan fingerprint density at radius 1 is 1.25 bits per heavy atom. The molecule has 1 unspecified atom stereocenters. The molecule has 3 nitrogen and oxygen atoms in total. The van der Waals surface area contributed by atoms with Gasteiger partial charge in [0.25, 0.3) is 0 Å². The number of benzene rings is 1. The standard InChI is InChI=1S/C13H20O3/c1-13(2,3)10-4-5-12(16)9(6-10)7-11(15)8-14/h4-6,11,14-16H,7-8H2,1-3H3. The monoisotopic (exact) mass is 224 g/mol. The Morgan fingerprint density at radius 2 is 1.88 bits per heavy atom. The molecule has 0 bridgehead atoms. The first-order valence-electron chi connectivity index (χ1n) is 5.46. The van der Waals surface area contributed by atoms with E-state index in [1.807, 2.05) is 12.1 Å². The molecular formula is C13H20O3. The van der Waals surface area contributed by atoms with E-state index in [0.717, 1.165) is 5.56 Å². The lowest BCUT2D eigenvalue weighted by atomic mass is 9.85. The number of phenolic OH excluding ortho intramolecular Hbond substituents is 1. The van der Waals surface area contributed by atoms with Crippen LogP contribution in [0.2, 0.25) is 0 Å². The highest BCUT2D eigenvalue weighted by Gasteiger charge is 2.16. The third kappa shape index (κ3) is 3.22. The number of rotatable bonds is 3. The fraction of sp³-hybridized carbons (Fsp3) is 0.538. The smallest absolute Gasteiger partial charge is 0.118 e. The van der Waals surface area contributed by atoms with Gasteiger partial charge in [-0.25, -0.2) is 0 Å². The number of aliphatic hydroxyl groups excluding tert-OH is 2. The van der Waals surface area contributed by atoms with E-state index in [2.05, 4.69) is 20.8 Å². The van der Waals surface area contributed by atoms with Crippen LogP contribution in [0.1, 0.15) is 31.9 Å². The Balaban J connectivity index is 3.00. The van der Waals surface area contributed by atoms with Crippen LogP contribution in [0.25, 0.3) is 0 Å². The summed E-state index contributed by atoms with van der Waals surface area (Å²) in [6.45, 7) is 5.97. The zero-order chi connectivity index (χ0) is 12.3. The Bertz CT molecular complexity index is 353. The molecule has 1 atom stereocenters. The van der Waals surface area contributed by atoms with Gasteiger partial charge >= 0.3 is 0 Å². The summed E-state index contributed by atoms with van der Waals surface area (Å²) in [4.78, 5) is 0. The van der Waals surface area contributed by atoms with Crippen LogP contribution < -0.4 is 0 Å². The highest BCUT2D eigenvalue weighted by molar-refractivity contribution is 5.39. The van der Waals surface area contributed by atoms with Crippen molar-refractivity contribution in [1.82, 2.24) is 0 Å². The maximum Gasteiger partial charge on any atom is 0.118 e. The van der Waals surface area contributed by atoms with Crippen LogP contribution in [0.15, 0.2) is 18.2 Å². The molecule has 0 aliphatic rings. The van der Waals surface area contributed by atoms with Crippen LogP contribution in [0.5, 0.6) is 5.75 Å². The summed E-state index contributed by atoms with van der Waals surface area (Å²) in [5, 5.41) is 27.8. The quantitative estimate of drug-likeness (QED) is 0.730. The van der Waals surface area contributed by atoms with Gasteiger partial charge in [0.2, 0.25) is 0 Å². The second-order valence-corrected chi connectivity index (χ2v) is 5.13. The van der Waals surface area contributed by atoms with E-state index in [9.17, 15) is 10.2 Å². The van der Waals surface area contributed by atoms with Gasteiger partial charge in [-0.15, -0.1) is 0 Å². The van der Waals surface area contributed by atoms with Crippen LogP contribution >= 0.6 is 0 Å². The van der Waals surface area contributed by atoms with Crippen molar-refractivity contribution in [3.63, 3.8) is 0 Å². The minimum atomic E-state index is -0.818. The lowest BCUT2D eigenvalue weighted by Crippen LogP contribution is -2.16. The topological polar surface area (TPSA) is 60.7 Å². The summed E-state index contributed by atoms with van der Waals surface area (Å²) >= 11 is 0. The van der Waals surface area contributed by atoms with Crippen molar-refractivity contribution in [2.75, 3.05) is 6.61 Å². The predicted octanol–water partition coefficient (Wildman–Crippen LogP) is 1.59. The average molecular weight is 224 g/mol. The van der Waals surface area contributed by atoms with Crippen molar-refractivity contribution in [3.8, 4) is 5.75 Å². The zero-order valence-electron chi connectivity index (χ0n) is 10.1. The number of hydrogen-bond donors (Lipinski definition) is 3. The predicted molar refractivity (Wildman–Crippen MR) is 63.6 cm³/mol. The molecule has 1 rings (SSSR count). The molecule has 3 heteroatoms. The van der Waals surface area contributed by atoms with Crippen molar-refractivity contribution in [3.05, 3.63) is 29.3 Å². The van der Waals surface area contributed by atoms with Crippen LogP contribution in [-0.4, -0.2) is 28.0 Å². The van der Waals surface area contributed by atoms with E-state index in [4.69, 9.17) is 5.11 Å². The van der Waals surface area contributed by atoms with Gasteiger partial charge < -0.3 is 15.3 Å². The first-order valence-corrected chi connectivity index (χ1v) is 5.46. The number of aromatic hydroxyl groups is 1. The normalized spacial score (nSPS) is 13.8. The highest BCUT2D eigenvalue weighted by atomic mass is 16.3. The fourth-order valence-electron chi connectivity index (χ4n) is 1.53. The number of hydrogen-bond acceptors (Lipinski definition) is 3. The first-order chi connectivity index (χ1) is 7.34. The molecule has 0 saturated carbocycles. The zero-order valence-corrected chi connectivity index (χ0v) is 10.1. The summed E-state index contributed by atoms with van der Waals surface area (Å²) in [5.41, 5.74) is 1.78. The number of aliphatic hydroxyl groups is 2. The third-order valence-electron chi connectivity index (χ3n) is 2.61. The number of phenols is 1. The molecule has 16 heavy (non-hydrogen) atoms. The van der Waals surface area contributed by atoms with Crippen molar-refractivity contribution < 1.29 is 15.3 Å². The average Bonchev–Trinajstić information content (AvgIpc) is 2.19. The van der Waals surface area contributed by atoms with Gasteiger partial charge in [-0.1, -0.05) is 32.9 Å². The van der Waals surface area contributed by atoms with Crippen molar-refractivity contribution >= 4 is 0 Å². The molecule has 1 aromatic carbocycles. The third-order valence-corrected chi connectivity index (χ3v) is 2.61. The fourth-order valence-corrected chi connectivity index (χ4v) is 1.53. The molecule has 0 saturated heterocycles. The van der Waals surface area contributed by atoms with E-state index < -0.39 is 6.10 Å². The van der Waals surface area contributed by atoms with Crippen molar-refractivity contribution in [2.45, 2.75) is 38.7 Å². The molecule has 0 radical (unpaired) electrons. The summed E-state index contributed by atoms with van der Waals surface area (Å²) in [5.74, 6) is 0.167. The summed E-state index contributed by atoms with van der Waals surface area (Å²) in [6.07, 6.45) is -0.548. The molecule has 0 aliphatic carbocycles. The SMILES string of the molecule is CC(C)(C)c1ccc(O)c(CC(O)CO)c1. The molecule has 3 N–H and O–H groups in total. The minimum Gasteiger partial charge on any atom is -0.508 e. The van der Waals surface area contributed by atoms with E-state index in [0.29, 0.717) is 5.56 Å². The molecule has 90 valence electrons. The van der Waals surface area contributed by atoms with Gasteiger partial charge in [0.05, 0.1) is 12.7 Å². The van der Waals surface area contributed by atoms with Gasteiger partial charge in [0.1, 0.15) is 5.75 Å².